The van der Waals surface area contributed by atoms with E-state index in [0.29, 0.717) is 0 Å². The summed E-state index contributed by atoms with van der Waals surface area (Å²) < 4.78 is 6.90. The highest BCUT2D eigenvalue weighted by Crippen LogP contribution is 2.37. The van der Waals surface area contributed by atoms with E-state index in [1.165, 1.54) is 6.42 Å². The van der Waals surface area contributed by atoms with E-state index in [9.17, 15) is 4.79 Å². The number of aromatic nitrogens is 3. The quantitative estimate of drug-likeness (QED) is 0.441. The largest absolute Gasteiger partial charge is 0.497 e. The van der Waals surface area contributed by atoms with Crippen molar-refractivity contribution in [3.63, 3.8) is 0 Å². The van der Waals surface area contributed by atoms with Crippen LogP contribution in [0.5, 0.6) is 5.75 Å². The van der Waals surface area contributed by atoms with Gasteiger partial charge in [0.05, 0.1) is 7.11 Å². The van der Waals surface area contributed by atoms with Gasteiger partial charge in [-0.1, -0.05) is 56.3 Å². The third kappa shape index (κ3) is 3.67. The van der Waals surface area contributed by atoms with Crippen molar-refractivity contribution in [3.05, 3.63) is 81.8 Å². The molecular weight excluding hydrogens is 424 g/mol. The molecule has 3 heterocycles. The van der Waals surface area contributed by atoms with Crippen LogP contribution in [0.2, 0.25) is 0 Å². The van der Waals surface area contributed by atoms with Crippen LogP contribution in [0.3, 0.4) is 0 Å². The predicted octanol–water partition coefficient (Wildman–Crippen LogP) is 5.32. The summed E-state index contributed by atoms with van der Waals surface area (Å²) in [6.45, 7) is 8.12. The standard InChI is InChI=1S/C28H32N4O2/c1-19-23(28(2,3)21-13-15-22(34-4)16-14-21)27(33)32-26(29-19)25(31-17-9-6-10-18-31)24(30-32)20-11-7-5-8-12-20/h5,7-8,11-16,29H,6,9-10,17-18H2,1-4H3. The number of methoxy groups -OCH3 is 1. The predicted molar refractivity (Wildman–Crippen MR) is 137 cm³/mol. The van der Waals surface area contributed by atoms with Crippen molar-refractivity contribution >= 4 is 11.3 Å². The maximum atomic E-state index is 14.0. The summed E-state index contributed by atoms with van der Waals surface area (Å²) in [6, 6.07) is 18.1. The number of rotatable bonds is 5. The molecule has 6 nitrogen and oxygen atoms in total. The molecule has 0 aliphatic carbocycles. The third-order valence-corrected chi connectivity index (χ3v) is 7.10. The van der Waals surface area contributed by atoms with Crippen LogP contribution in [0.25, 0.3) is 16.9 Å². The second-order valence-corrected chi connectivity index (χ2v) is 9.66. The number of H-pyrrole nitrogens is 1. The normalized spacial score (nSPS) is 14.5. The van der Waals surface area contributed by atoms with Gasteiger partial charge in [0.25, 0.3) is 5.56 Å². The lowest BCUT2D eigenvalue weighted by Crippen LogP contribution is -2.33. The van der Waals surface area contributed by atoms with Gasteiger partial charge in [-0.2, -0.15) is 9.61 Å². The lowest BCUT2D eigenvalue weighted by Gasteiger charge is -2.29. The summed E-state index contributed by atoms with van der Waals surface area (Å²) in [7, 11) is 1.66. The first kappa shape index (κ1) is 22.3. The Morgan fingerprint density at radius 1 is 0.971 bits per heavy atom. The van der Waals surface area contributed by atoms with E-state index in [0.717, 1.165) is 71.1 Å². The molecule has 2 aromatic carbocycles. The lowest BCUT2D eigenvalue weighted by atomic mass is 9.78. The van der Waals surface area contributed by atoms with E-state index >= 15 is 0 Å². The Hall–Kier alpha value is -3.54. The maximum absolute atomic E-state index is 14.0. The van der Waals surface area contributed by atoms with Gasteiger partial charge in [0.15, 0.2) is 5.65 Å². The number of fused-ring (bicyclic) bond motifs is 1. The van der Waals surface area contributed by atoms with Gasteiger partial charge < -0.3 is 14.6 Å². The summed E-state index contributed by atoms with van der Waals surface area (Å²) in [6.07, 6.45) is 3.54. The molecule has 0 amide bonds. The van der Waals surface area contributed by atoms with Crippen LogP contribution in [-0.4, -0.2) is 34.8 Å². The molecule has 0 unspecified atom stereocenters. The van der Waals surface area contributed by atoms with Crippen LogP contribution in [0.15, 0.2) is 59.4 Å². The fourth-order valence-corrected chi connectivity index (χ4v) is 5.27. The summed E-state index contributed by atoms with van der Waals surface area (Å²) in [4.78, 5) is 20.0. The number of benzene rings is 2. The van der Waals surface area contributed by atoms with Gasteiger partial charge in [-0.3, -0.25) is 4.79 Å². The van der Waals surface area contributed by atoms with Crippen LogP contribution in [-0.2, 0) is 5.41 Å². The van der Waals surface area contributed by atoms with Gasteiger partial charge in [0.1, 0.15) is 17.1 Å². The molecule has 2 aromatic heterocycles. The van der Waals surface area contributed by atoms with Gasteiger partial charge in [-0.15, -0.1) is 0 Å². The number of hydrogen-bond donors (Lipinski definition) is 1. The van der Waals surface area contributed by atoms with Crippen molar-refractivity contribution < 1.29 is 4.74 Å². The summed E-state index contributed by atoms with van der Waals surface area (Å²) in [5.74, 6) is 0.798. The maximum Gasteiger partial charge on any atom is 0.278 e. The number of aromatic amines is 1. The Kier molecular flexibility index (Phi) is 5.68. The molecule has 6 heteroatoms. The number of aryl methyl sites for hydroxylation is 1. The number of ether oxygens (including phenoxy) is 1. The van der Waals surface area contributed by atoms with Crippen molar-refractivity contribution in [3.8, 4) is 17.0 Å². The average molecular weight is 457 g/mol. The summed E-state index contributed by atoms with van der Waals surface area (Å²) >= 11 is 0. The summed E-state index contributed by atoms with van der Waals surface area (Å²) in [5.41, 5.74) is 5.73. The number of nitrogens with one attached hydrogen (secondary N) is 1. The number of piperidine rings is 1. The highest BCUT2D eigenvalue weighted by atomic mass is 16.5. The SMILES string of the molecule is COc1ccc(C(C)(C)c2c(C)[nH]c3c(N4CCCCC4)c(-c4ccccc4)nn3c2=O)cc1. The van der Waals surface area contributed by atoms with Gasteiger partial charge in [0, 0.05) is 35.3 Å². The molecule has 0 atom stereocenters. The number of nitrogens with zero attached hydrogens (tertiary/aromatic N) is 3. The molecule has 1 saturated heterocycles. The Morgan fingerprint density at radius 3 is 2.29 bits per heavy atom. The molecule has 1 aliphatic rings. The van der Waals surface area contributed by atoms with Crippen LogP contribution >= 0.6 is 0 Å². The Bertz CT molecular complexity index is 1360. The van der Waals surface area contributed by atoms with E-state index in [-0.39, 0.29) is 5.56 Å². The lowest BCUT2D eigenvalue weighted by molar-refractivity contribution is 0.414. The molecule has 5 rings (SSSR count). The van der Waals surface area contributed by atoms with Crippen molar-refractivity contribution in [2.45, 2.75) is 45.4 Å². The zero-order chi connectivity index (χ0) is 23.9. The molecule has 34 heavy (non-hydrogen) atoms. The highest BCUT2D eigenvalue weighted by Gasteiger charge is 2.32. The minimum absolute atomic E-state index is 0.0764. The first-order valence-corrected chi connectivity index (χ1v) is 12.0. The molecular formula is C28H32N4O2. The van der Waals surface area contributed by atoms with E-state index < -0.39 is 5.41 Å². The minimum Gasteiger partial charge on any atom is -0.497 e. The number of anilines is 1. The second-order valence-electron chi connectivity index (χ2n) is 9.66. The molecule has 1 N–H and O–H groups in total. The first-order valence-electron chi connectivity index (χ1n) is 12.0. The van der Waals surface area contributed by atoms with E-state index in [4.69, 9.17) is 9.84 Å². The molecule has 0 spiro atoms. The molecule has 4 aromatic rings. The van der Waals surface area contributed by atoms with Crippen LogP contribution in [0.4, 0.5) is 5.69 Å². The van der Waals surface area contributed by atoms with E-state index in [2.05, 4.69) is 35.9 Å². The fraction of sp³-hybridized carbons (Fsp3) is 0.357. The monoisotopic (exact) mass is 456 g/mol. The zero-order valence-electron chi connectivity index (χ0n) is 20.4. The van der Waals surface area contributed by atoms with Crippen molar-refractivity contribution in [2.24, 2.45) is 0 Å². The zero-order valence-corrected chi connectivity index (χ0v) is 20.4. The van der Waals surface area contributed by atoms with Gasteiger partial charge >= 0.3 is 0 Å². The molecule has 176 valence electrons. The molecule has 0 radical (unpaired) electrons. The van der Waals surface area contributed by atoms with Crippen molar-refractivity contribution in [2.75, 3.05) is 25.1 Å². The van der Waals surface area contributed by atoms with Gasteiger partial charge in [-0.05, 0) is 43.9 Å². The first-order chi connectivity index (χ1) is 16.4. The van der Waals surface area contributed by atoms with Crippen molar-refractivity contribution in [1.82, 2.24) is 14.6 Å². The topological polar surface area (TPSA) is 62.6 Å². The van der Waals surface area contributed by atoms with Crippen molar-refractivity contribution in [1.29, 1.82) is 0 Å². The number of hydrogen-bond acceptors (Lipinski definition) is 4. The second kappa shape index (κ2) is 8.67. The minimum atomic E-state index is -0.512. The van der Waals surface area contributed by atoms with Gasteiger partial charge in [0.2, 0.25) is 0 Å². The Balaban J connectivity index is 1.73. The highest BCUT2D eigenvalue weighted by molar-refractivity contribution is 5.86. The molecule has 1 aliphatic heterocycles. The Morgan fingerprint density at radius 2 is 1.65 bits per heavy atom. The molecule has 0 bridgehead atoms. The average Bonchev–Trinajstić information content (AvgIpc) is 3.24. The van der Waals surface area contributed by atoms with Crippen LogP contribution < -0.4 is 15.2 Å². The van der Waals surface area contributed by atoms with Crippen LogP contribution in [0.1, 0.15) is 49.9 Å². The van der Waals surface area contributed by atoms with E-state index in [1.807, 2.05) is 49.4 Å². The molecule has 1 fully saturated rings. The van der Waals surface area contributed by atoms with E-state index in [1.54, 1.807) is 11.6 Å². The Labute approximate surface area is 200 Å². The van der Waals surface area contributed by atoms with Gasteiger partial charge in [-0.25, -0.2) is 0 Å². The molecule has 0 saturated carbocycles. The van der Waals surface area contributed by atoms with Crippen LogP contribution in [0, 0.1) is 6.92 Å². The summed E-state index contributed by atoms with van der Waals surface area (Å²) in [5, 5.41) is 4.91. The fourth-order valence-electron chi connectivity index (χ4n) is 5.27. The smallest absolute Gasteiger partial charge is 0.278 e. The third-order valence-electron chi connectivity index (χ3n) is 7.10.